The molecule has 3 nitrogen and oxygen atoms in total. The first-order valence-electron chi connectivity index (χ1n) is 5.72. The lowest BCUT2D eigenvalue weighted by Gasteiger charge is -2.07. The molecule has 0 aliphatic rings. The number of benzene rings is 1. The van der Waals surface area contributed by atoms with Crippen molar-refractivity contribution in [2.75, 3.05) is 14.2 Å². The van der Waals surface area contributed by atoms with E-state index in [1.165, 1.54) is 7.11 Å². The molecule has 1 heterocycles. The summed E-state index contributed by atoms with van der Waals surface area (Å²) in [6.07, 6.45) is 3.35. The Morgan fingerprint density at radius 1 is 1.21 bits per heavy atom. The second-order valence-electron chi connectivity index (χ2n) is 3.78. The van der Waals surface area contributed by atoms with E-state index in [1.54, 1.807) is 48.8 Å². The summed E-state index contributed by atoms with van der Waals surface area (Å²) in [5, 5.41) is 1.97. The van der Waals surface area contributed by atoms with Crippen LogP contribution in [0.4, 0.5) is 0 Å². The van der Waals surface area contributed by atoms with Gasteiger partial charge >= 0.3 is 0 Å². The first-order chi connectivity index (χ1) is 9.24. The van der Waals surface area contributed by atoms with Crippen LogP contribution in [0.3, 0.4) is 0 Å². The molecule has 2 rings (SSSR count). The standard InChI is InChI=1S/C15H14O3S/c1-17-11-5-7-13(15(10-11)18-2)14(16)8-6-12-4-3-9-19-12/h3-10H,1-2H3/b8-6-. The van der Waals surface area contributed by atoms with Crippen molar-refractivity contribution in [2.24, 2.45) is 0 Å². The number of hydrogen-bond donors (Lipinski definition) is 0. The van der Waals surface area contributed by atoms with E-state index in [1.807, 2.05) is 17.5 Å². The largest absolute Gasteiger partial charge is 0.497 e. The predicted octanol–water partition coefficient (Wildman–Crippen LogP) is 3.66. The van der Waals surface area contributed by atoms with Crippen molar-refractivity contribution in [3.63, 3.8) is 0 Å². The van der Waals surface area contributed by atoms with Gasteiger partial charge in [-0.2, -0.15) is 0 Å². The van der Waals surface area contributed by atoms with Crippen LogP contribution in [0.5, 0.6) is 11.5 Å². The summed E-state index contributed by atoms with van der Waals surface area (Å²) >= 11 is 1.59. The van der Waals surface area contributed by atoms with Crippen molar-refractivity contribution in [1.29, 1.82) is 0 Å². The van der Waals surface area contributed by atoms with Gasteiger partial charge in [0.15, 0.2) is 5.78 Å². The molecule has 0 saturated heterocycles. The maximum atomic E-state index is 12.1. The minimum atomic E-state index is -0.0899. The predicted molar refractivity (Wildman–Crippen MR) is 77.2 cm³/mol. The number of ether oxygens (including phenoxy) is 2. The molecule has 0 unspecified atom stereocenters. The van der Waals surface area contributed by atoms with E-state index in [2.05, 4.69) is 0 Å². The Morgan fingerprint density at radius 3 is 2.68 bits per heavy atom. The van der Waals surface area contributed by atoms with Crippen molar-refractivity contribution in [3.8, 4) is 11.5 Å². The topological polar surface area (TPSA) is 35.5 Å². The van der Waals surface area contributed by atoms with Gasteiger partial charge < -0.3 is 9.47 Å². The molecule has 0 bridgehead atoms. The number of thiophene rings is 1. The molecule has 4 heteroatoms. The highest BCUT2D eigenvalue weighted by molar-refractivity contribution is 7.10. The molecule has 98 valence electrons. The Labute approximate surface area is 116 Å². The van der Waals surface area contributed by atoms with Gasteiger partial charge in [-0.1, -0.05) is 6.07 Å². The molecule has 0 spiro atoms. The van der Waals surface area contributed by atoms with Gasteiger partial charge in [-0.25, -0.2) is 0 Å². The van der Waals surface area contributed by atoms with Crippen LogP contribution in [-0.4, -0.2) is 20.0 Å². The van der Waals surface area contributed by atoms with Crippen LogP contribution >= 0.6 is 11.3 Å². The van der Waals surface area contributed by atoms with Crippen molar-refractivity contribution < 1.29 is 14.3 Å². The lowest BCUT2D eigenvalue weighted by atomic mass is 10.1. The minimum Gasteiger partial charge on any atom is -0.497 e. The fourth-order valence-corrected chi connectivity index (χ4v) is 2.25. The summed E-state index contributed by atoms with van der Waals surface area (Å²) in [7, 11) is 3.11. The average molecular weight is 274 g/mol. The van der Waals surface area contributed by atoms with Gasteiger partial charge in [0.1, 0.15) is 11.5 Å². The van der Waals surface area contributed by atoms with Crippen LogP contribution in [0.1, 0.15) is 15.2 Å². The number of ketones is 1. The fourth-order valence-electron chi connectivity index (χ4n) is 1.64. The van der Waals surface area contributed by atoms with Crippen LogP contribution < -0.4 is 9.47 Å². The van der Waals surface area contributed by atoms with Gasteiger partial charge in [0.05, 0.1) is 19.8 Å². The zero-order valence-electron chi connectivity index (χ0n) is 10.8. The van der Waals surface area contributed by atoms with Crippen molar-refractivity contribution in [1.82, 2.24) is 0 Å². The van der Waals surface area contributed by atoms with Crippen LogP contribution in [0.15, 0.2) is 41.8 Å². The summed E-state index contributed by atoms with van der Waals surface area (Å²) in [5.41, 5.74) is 0.524. The molecule has 0 saturated carbocycles. The Bertz CT molecular complexity index is 585. The molecule has 0 aliphatic heterocycles. The number of carbonyl (C=O) groups excluding carboxylic acids is 1. The van der Waals surface area contributed by atoms with E-state index in [4.69, 9.17) is 9.47 Å². The molecule has 2 aromatic rings. The maximum absolute atomic E-state index is 12.1. The Kier molecular flexibility index (Phi) is 4.36. The summed E-state index contributed by atoms with van der Waals surface area (Å²) in [6.45, 7) is 0. The summed E-state index contributed by atoms with van der Waals surface area (Å²) < 4.78 is 10.3. The van der Waals surface area contributed by atoms with Crippen LogP contribution in [0.2, 0.25) is 0 Å². The lowest BCUT2D eigenvalue weighted by molar-refractivity contribution is 0.104. The van der Waals surface area contributed by atoms with Gasteiger partial charge in [-0.05, 0) is 35.7 Å². The second-order valence-corrected chi connectivity index (χ2v) is 4.76. The molecule has 0 atom stereocenters. The van der Waals surface area contributed by atoms with Crippen molar-refractivity contribution >= 4 is 23.2 Å². The van der Waals surface area contributed by atoms with Gasteiger partial charge in [0.25, 0.3) is 0 Å². The molecule has 0 amide bonds. The third kappa shape index (κ3) is 3.23. The first-order valence-corrected chi connectivity index (χ1v) is 6.60. The lowest BCUT2D eigenvalue weighted by Crippen LogP contribution is -1.99. The zero-order valence-corrected chi connectivity index (χ0v) is 11.6. The number of carbonyl (C=O) groups is 1. The molecular weight excluding hydrogens is 260 g/mol. The van der Waals surface area contributed by atoms with E-state index in [-0.39, 0.29) is 5.78 Å². The molecule has 0 radical (unpaired) electrons. The number of allylic oxidation sites excluding steroid dienone is 1. The third-order valence-electron chi connectivity index (χ3n) is 2.62. The highest BCUT2D eigenvalue weighted by atomic mass is 32.1. The average Bonchev–Trinajstić information content (AvgIpc) is 2.97. The van der Waals surface area contributed by atoms with Crippen LogP contribution in [0.25, 0.3) is 6.08 Å². The minimum absolute atomic E-state index is 0.0899. The quantitative estimate of drug-likeness (QED) is 0.616. The summed E-state index contributed by atoms with van der Waals surface area (Å²) in [6, 6.07) is 9.06. The van der Waals surface area contributed by atoms with Gasteiger partial charge in [0, 0.05) is 10.9 Å². The highest BCUT2D eigenvalue weighted by Crippen LogP contribution is 2.25. The molecular formula is C15H14O3S. The molecule has 0 N–H and O–H groups in total. The van der Waals surface area contributed by atoms with Gasteiger partial charge in [-0.15, -0.1) is 11.3 Å². The van der Waals surface area contributed by atoms with Crippen LogP contribution in [-0.2, 0) is 0 Å². The van der Waals surface area contributed by atoms with Crippen molar-refractivity contribution in [3.05, 3.63) is 52.2 Å². The third-order valence-corrected chi connectivity index (χ3v) is 3.45. The normalized spacial score (nSPS) is 10.6. The van der Waals surface area contributed by atoms with E-state index < -0.39 is 0 Å². The summed E-state index contributed by atoms with van der Waals surface area (Å²) in [5.74, 6) is 1.09. The van der Waals surface area contributed by atoms with Gasteiger partial charge in [-0.3, -0.25) is 4.79 Å². The maximum Gasteiger partial charge on any atom is 0.189 e. The Balaban J connectivity index is 2.23. The number of methoxy groups -OCH3 is 2. The van der Waals surface area contributed by atoms with Crippen LogP contribution in [0, 0.1) is 0 Å². The molecule has 0 aliphatic carbocycles. The SMILES string of the molecule is COc1ccc(C(=O)/C=C\c2cccs2)c(OC)c1. The van der Waals surface area contributed by atoms with E-state index in [0.29, 0.717) is 17.1 Å². The number of hydrogen-bond acceptors (Lipinski definition) is 4. The Morgan fingerprint density at radius 2 is 2.05 bits per heavy atom. The smallest absolute Gasteiger partial charge is 0.189 e. The Hall–Kier alpha value is -2.07. The van der Waals surface area contributed by atoms with Gasteiger partial charge in [0.2, 0.25) is 0 Å². The fraction of sp³-hybridized carbons (Fsp3) is 0.133. The number of rotatable bonds is 5. The first kappa shape index (κ1) is 13.4. The molecule has 1 aromatic carbocycles. The zero-order chi connectivity index (χ0) is 13.7. The molecule has 19 heavy (non-hydrogen) atoms. The monoisotopic (exact) mass is 274 g/mol. The molecule has 0 fully saturated rings. The van der Waals surface area contributed by atoms with E-state index in [9.17, 15) is 4.79 Å². The summed E-state index contributed by atoms with van der Waals surface area (Å²) in [4.78, 5) is 13.2. The second kappa shape index (κ2) is 6.20. The highest BCUT2D eigenvalue weighted by Gasteiger charge is 2.10. The molecule has 1 aromatic heterocycles. The van der Waals surface area contributed by atoms with Crippen molar-refractivity contribution in [2.45, 2.75) is 0 Å². The van der Waals surface area contributed by atoms with E-state index in [0.717, 1.165) is 4.88 Å². The van der Waals surface area contributed by atoms with E-state index >= 15 is 0 Å².